The number of nitrogens with one attached hydrogen (secondary N) is 1. The molecule has 0 bridgehead atoms. The van der Waals surface area contributed by atoms with Gasteiger partial charge in [-0.2, -0.15) is 5.10 Å². The number of hydrogen-bond acceptors (Lipinski definition) is 3. The third kappa shape index (κ3) is 5.97. The number of rotatable bonds is 7. The van der Waals surface area contributed by atoms with Crippen LogP contribution in [-0.2, 0) is 24.2 Å². The van der Waals surface area contributed by atoms with Crippen LogP contribution in [0.4, 0.5) is 4.79 Å². The van der Waals surface area contributed by atoms with E-state index < -0.39 is 0 Å². The number of aryl methyl sites for hydroxylation is 1. The SMILES string of the molecule is CC(C)(C)NC(=O)N1CCc2c(-c3cnn(-c4ccccc4)c3)ccc(CCC(=O)C3C[C@H]3c3ccccc3)c2C1. The number of amides is 2. The molecule has 1 unspecified atom stereocenters. The summed E-state index contributed by atoms with van der Waals surface area (Å²) in [6.45, 7) is 7.20. The number of carbonyl (C=O) groups excluding carboxylic acids is 2. The quantitative estimate of drug-likeness (QED) is 0.280. The normalized spacial score (nSPS) is 18.1. The van der Waals surface area contributed by atoms with E-state index in [9.17, 15) is 9.59 Å². The monoisotopic (exact) mass is 546 g/mol. The van der Waals surface area contributed by atoms with Crippen LogP contribution in [0, 0.1) is 5.92 Å². The highest BCUT2D eigenvalue weighted by Crippen LogP contribution is 2.48. The Labute approximate surface area is 242 Å². The molecule has 1 aliphatic heterocycles. The summed E-state index contributed by atoms with van der Waals surface area (Å²) in [5.74, 6) is 0.835. The summed E-state index contributed by atoms with van der Waals surface area (Å²) in [4.78, 5) is 28.2. The average Bonchev–Trinajstić information content (AvgIpc) is 3.63. The van der Waals surface area contributed by atoms with E-state index in [0.717, 1.165) is 35.2 Å². The molecule has 6 heteroatoms. The van der Waals surface area contributed by atoms with Crippen LogP contribution in [0.3, 0.4) is 0 Å². The zero-order valence-electron chi connectivity index (χ0n) is 24.1. The Balaban J connectivity index is 1.25. The van der Waals surface area contributed by atoms with Crippen LogP contribution < -0.4 is 5.32 Å². The van der Waals surface area contributed by atoms with Crippen LogP contribution in [0.25, 0.3) is 16.8 Å². The maximum atomic E-state index is 13.2. The molecule has 210 valence electrons. The van der Waals surface area contributed by atoms with E-state index in [1.807, 2.05) is 85.1 Å². The van der Waals surface area contributed by atoms with Gasteiger partial charge in [0.15, 0.2) is 0 Å². The Morgan fingerprint density at radius 2 is 1.68 bits per heavy atom. The Kier molecular flexibility index (Phi) is 7.24. The van der Waals surface area contributed by atoms with E-state index in [0.29, 0.717) is 37.6 Å². The van der Waals surface area contributed by atoms with Crippen molar-refractivity contribution in [3.8, 4) is 16.8 Å². The first kappa shape index (κ1) is 27.0. The number of urea groups is 1. The number of hydrogen-bond donors (Lipinski definition) is 1. The minimum absolute atomic E-state index is 0.0452. The van der Waals surface area contributed by atoms with Crippen molar-refractivity contribution in [2.75, 3.05) is 6.54 Å². The van der Waals surface area contributed by atoms with Gasteiger partial charge in [0.2, 0.25) is 0 Å². The Morgan fingerprint density at radius 3 is 2.41 bits per heavy atom. The molecule has 41 heavy (non-hydrogen) atoms. The lowest BCUT2D eigenvalue weighted by Gasteiger charge is -2.34. The van der Waals surface area contributed by atoms with Crippen LogP contribution >= 0.6 is 0 Å². The molecule has 0 saturated heterocycles. The van der Waals surface area contributed by atoms with Crippen molar-refractivity contribution in [1.82, 2.24) is 20.0 Å². The van der Waals surface area contributed by atoms with Crippen molar-refractivity contribution in [2.45, 2.75) is 64.5 Å². The van der Waals surface area contributed by atoms with Gasteiger partial charge in [-0.15, -0.1) is 0 Å². The minimum Gasteiger partial charge on any atom is -0.333 e. The molecule has 2 aliphatic rings. The molecule has 2 amide bonds. The van der Waals surface area contributed by atoms with Crippen LogP contribution in [0.15, 0.2) is 85.2 Å². The van der Waals surface area contributed by atoms with Gasteiger partial charge in [-0.05, 0) is 85.9 Å². The first-order chi connectivity index (χ1) is 19.8. The highest BCUT2D eigenvalue weighted by molar-refractivity contribution is 5.85. The molecular formula is C35H38N4O2. The van der Waals surface area contributed by atoms with E-state index in [-0.39, 0.29) is 17.5 Å². The standard InChI is InChI=1S/C35H38N4O2/c1-35(2,3)37-34(41)38-19-18-29-28(26-21-36-39(22-26)27-12-8-5-9-13-27)16-14-25(32(29)23-38)15-17-33(40)31-20-30(31)24-10-6-4-7-11-24/h4-14,16,21-22,30-31H,15,17-20,23H2,1-3H3,(H,37,41)/t30-,31?/m0/s1. The second kappa shape index (κ2) is 11.0. The predicted octanol–water partition coefficient (Wildman–Crippen LogP) is 6.71. The van der Waals surface area contributed by atoms with Crippen molar-refractivity contribution >= 4 is 11.8 Å². The highest BCUT2D eigenvalue weighted by Gasteiger charge is 2.43. The zero-order valence-corrected chi connectivity index (χ0v) is 24.1. The lowest BCUT2D eigenvalue weighted by atomic mass is 9.86. The second-order valence-corrected chi connectivity index (χ2v) is 12.4. The van der Waals surface area contributed by atoms with E-state index in [1.165, 1.54) is 16.7 Å². The van der Waals surface area contributed by atoms with Gasteiger partial charge >= 0.3 is 6.03 Å². The minimum atomic E-state index is -0.306. The van der Waals surface area contributed by atoms with Crippen molar-refractivity contribution in [3.63, 3.8) is 0 Å². The van der Waals surface area contributed by atoms with Crippen LogP contribution in [0.5, 0.6) is 0 Å². The van der Waals surface area contributed by atoms with Crippen molar-refractivity contribution in [1.29, 1.82) is 0 Å². The lowest BCUT2D eigenvalue weighted by molar-refractivity contribution is -0.120. The number of nitrogens with zero attached hydrogens (tertiary/aromatic N) is 3. The van der Waals surface area contributed by atoms with Crippen molar-refractivity contribution in [3.05, 3.63) is 107 Å². The molecule has 1 aliphatic carbocycles. The number of para-hydroxylation sites is 1. The van der Waals surface area contributed by atoms with Gasteiger partial charge in [0.05, 0.1) is 11.9 Å². The van der Waals surface area contributed by atoms with Gasteiger partial charge in [0, 0.05) is 42.7 Å². The Hall–Kier alpha value is -4.19. The summed E-state index contributed by atoms with van der Waals surface area (Å²) >= 11 is 0. The topological polar surface area (TPSA) is 67.2 Å². The van der Waals surface area contributed by atoms with Crippen LogP contribution in [0.1, 0.15) is 61.8 Å². The fourth-order valence-electron chi connectivity index (χ4n) is 6.07. The molecule has 4 aromatic rings. The summed E-state index contributed by atoms with van der Waals surface area (Å²) in [7, 11) is 0. The van der Waals surface area contributed by atoms with Gasteiger partial charge in [0.25, 0.3) is 0 Å². The fourth-order valence-corrected chi connectivity index (χ4v) is 6.07. The summed E-state index contributed by atoms with van der Waals surface area (Å²) in [5, 5.41) is 7.75. The second-order valence-electron chi connectivity index (χ2n) is 12.4. The molecule has 2 atom stereocenters. The van der Waals surface area contributed by atoms with Crippen LogP contribution in [0.2, 0.25) is 0 Å². The Morgan fingerprint density at radius 1 is 0.951 bits per heavy atom. The third-order valence-corrected chi connectivity index (χ3v) is 8.26. The average molecular weight is 547 g/mol. The lowest BCUT2D eigenvalue weighted by Crippen LogP contribution is -2.50. The molecule has 1 fully saturated rings. The number of benzene rings is 3. The van der Waals surface area contributed by atoms with Crippen molar-refractivity contribution in [2.24, 2.45) is 5.92 Å². The zero-order chi connectivity index (χ0) is 28.6. The molecule has 0 radical (unpaired) electrons. The molecule has 2 heterocycles. The number of ketones is 1. The summed E-state index contributed by atoms with van der Waals surface area (Å²) in [6.07, 6.45) is 6.92. The number of carbonyl (C=O) groups is 2. The molecule has 6 rings (SSSR count). The van der Waals surface area contributed by atoms with E-state index in [2.05, 4.69) is 40.9 Å². The van der Waals surface area contributed by atoms with E-state index in [4.69, 9.17) is 0 Å². The number of aromatic nitrogens is 2. The van der Waals surface area contributed by atoms with Gasteiger partial charge in [-0.3, -0.25) is 4.79 Å². The molecule has 6 nitrogen and oxygen atoms in total. The summed E-state index contributed by atoms with van der Waals surface area (Å²) in [6, 6.07) is 24.8. The maximum absolute atomic E-state index is 13.2. The van der Waals surface area contributed by atoms with E-state index >= 15 is 0 Å². The predicted molar refractivity (Wildman–Crippen MR) is 162 cm³/mol. The summed E-state index contributed by atoms with van der Waals surface area (Å²) in [5.41, 5.74) is 7.79. The molecule has 1 aromatic heterocycles. The first-order valence-electron chi connectivity index (χ1n) is 14.7. The van der Waals surface area contributed by atoms with Gasteiger partial charge in [0.1, 0.15) is 5.78 Å². The largest absolute Gasteiger partial charge is 0.333 e. The first-order valence-corrected chi connectivity index (χ1v) is 14.7. The van der Waals surface area contributed by atoms with E-state index in [1.54, 1.807) is 0 Å². The maximum Gasteiger partial charge on any atom is 0.318 e. The number of fused-ring (bicyclic) bond motifs is 1. The molecule has 1 saturated carbocycles. The highest BCUT2D eigenvalue weighted by atomic mass is 16.2. The van der Waals surface area contributed by atoms with Crippen molar-refractivity contribution < 1.29 is 9.59 Å². The Bertz CT molecular complexity index is 1550. The molecule has 0 spiro atoms. The smallest absolute Gasteiger partial charge is 0.318 e. The van der Waals surface area contributed by atoms with Gasteiger partial charge in [-0.25, -0.2) is 9.48 Å². The van der Waals surface area contributed by atoms with Crippen LogP contribution in [-0.4, -0.2) is 38.6 Å². The molecule has 1 N–H and O–H groups in total. The molecule has 3 aromatic carbocycles. The van der Waals surface area contributed by atoms with Gasteiger partial charge in [-0.1, -0.05) is 60.7 Å². The van der Waals surface area contributed by atoms with Gasteiger partial charge < -0.3 is 10.2 Å². The number of Topliss-reactive ketones (excluding diaryl/α,β-unsaturated/α-hetero) is 1. The third-order valence-electron chi connectivity index (χ3n) is 8.26. The fraction of sp³-hybridized carbons (Fsp3) is 0.343. The summed E-state index contributed by atoms with van der Waals surface area (Å²) < 4.78 is 1.90. The molecular weight excluding hydrogens is 508 g/mol.